The van der Waals surface area contributed by atoms with Crippen LogP contribution < -0.4 is 15.8 Å². The molecule has 0 aromatic rings. The third-order valence-electron chi connectivity index (χ3n) is 1.31. The van der Waals surface area contributed by atoms with Gasteiger partial charge >= 0.3 is 0 Å². The average Bonchev–Trinajstić information content (AvgIpc) is 2.07. The minimum Gasteiger partial charge on any atom is -0.370 e. The van der Waals surface area contributed by atoms with Crippen molar-refractivity contribution in [1.82, 2.24) is 10.0 Å². The Bertz CT molecular complexity index is 340. The topological polar surface area (TPSA) is 96.6 Å². The molecule has 0 spiro atoms. The third kappa shape index (κ3) is 13.7. The summed E-state index contributed by atoms with van der Waals surface area (Å²) in [5.41, 5.74) is 6.40. The zero-order valence-electron chi connectivity index (χ0n) is 9.49. The fraction of sp³-hybridized carbons (Fsp3) is 0.625. The van der Waals surface area contributed by atoms with Gasteiger partial charge in [0, 0.05) is 13.1 Å². The van der Waals surface area contributed by atoms with Gasteiger partial charge < -0.3 is 11.1 Å². The van der Waals surface area contributed by atoms with Gasteiger partial charge in [0.15, 0.2) is 5.96 Å². The van der Waals surface area contributed by atoms with Gasteiger partial charge in [-0.2, -0.15) is 0 Å². The summed E-state index contributed by atoms with van der Waals surface area (Å²) in [6, 6.07) is 0. The first kappa shape index (κ1) is 18.0. The Morgan fingerprint density at radius 1 is 1.44 bits per heavy atom. The predicted molar refractivity (Wildman–Crippen MR) is 77.6 cm³/mol. The molecule has 0 bridgehead atoms. The molecule has 6 nitrogen and oxygen atoms in total. The SMILES string of the molecule is C=C(C)CN=C(N)NCCNS(C)(=O)=O.I. The minimum absolute atomic E-state index is 0. The van der Waals surface area contributed by atoms with E-state index in [1.165, 1.54) is 0 Å². The molecule has 0 aromatic heterocycles. The van der Waals surface area contributed by atoms with Crippen molar-refractivity contribution in [3.8, 4) is 0 Å². The van der Waals surface area contributed by atoms with Gasteiger partial charge in [0.25, 0.3) is 0 Å². The van der Waals surface area contributed by atoms with Gasteiger partial charge in [0.2, 0.25) is 10.0 Å². The molecule has 0 fully saturated rings. The van der Waals surface area contributed by atoms with Crippen LogP contribution in [0.25, 0.3) is 0 Å². The summed E-state index contributed by atoms with van der Waals surface area (Å²) in [4.78, 5) is 3.96. The van der Waals surface area contributed by atoms with Crippen molar-refractivity contribution in [1.29, 1.82) is 0 Å². The molecule has 0 saturated carbocycles. The maximum atomic E-state index is 10.7. The van der Waals surface area contributed by atoms with E-state index in [4.69, 9.17) is 5.73 Å². The number of halogens is 1. The van der Waals surface area contributed by atoms with E-state index in [9.17, 15) is 8.42 Å². The van der Waals surface area contributed by atoms with Crippen molar-refractivity contribution in [3.05, 3.63) is 12.2 Å². The van der Waals surface area contributed by atoms with Crippen LogP contribution in [-0.2, 0) is 10.0 Å². The van der Waals surface area contributed by atoms with Gasteiger partial charge in [0.05, 0.1) is 12.8 Å². The van der Waals surface area contributed by atoms with Crippen molar-refractivity contribution < 1.29 is 8.42 Å². The van der Waals surface area contributed by atoms with Crippen molar-refractivity contribution in [2.75, 3.05) is 25.9 Å². The summed E-state index contributed by atoms with van der Waals surface area (Å²) in [5, 5.41) is 2.77. The molecule has 0 aliphatic carbocycles. The van der Waals surface area contributed by atoms with E-state index >= 15 is 0 Å². The van der Waals surface area contributed by atoms with Crippen LogP contribution >= 0.6 is 24.0 Å². The number of sulfonamides is 1. The lowest BCUT2D eigenvalue weighted by Gasteiger charge is -2.05. The molecule has 96 valence electrons. The molecule has 0 radical (unpaired) electrons. The largest absolute Gasteiger partial charge is 0.370 e. The van der Waals surface area contributed by atoms with E-state index in [1.54, 1.807) is 0 Å². The molecular weight excluding hydrogens is 343 g/mol. The van der Waals surface area contributed by atoms with Crippen LogP contribution in [0.3, 0.4) is 0 Å². The Morgan fingerprint density at radius 3 is 2.44 bits per heavy atom. The summed E-state index contributed by atoms with van der Waals surface area (Å²) < 4.78 is 23.7. The second kappa shape index (κ2) is 8.76. The molecule has 0 heterocycles. The van der Waals surface area contributed by atoms with Crippen molar-refractivity contribution in [3.63, 3.8) is 0 Å². The van der Waals surface area contributed by atoms with Gasteiger partial charge in [-0.05, 0) is 6.92 Å². The quantitative estimate of drug-likeness (QED) is 0.198. The Balaban J connectivity index is 0. The summed E-state index contributed by atoms with van der Waals surface area (Å²) >= 11 is 0. The van der Waals surface area contributed by atoms with Crippen molar-refractivity contribution in [2.45, 2.75) is 6.92 Å². The van der Waals surface area contributed by atoms with Crippen LogP contribution in [-0.4, -0.2) is 40.3 Å². The first-order valence-corrected chi connectivity index (χ1v) is 6.33. The summed E-state index contributed by atoms with van der Waals surface area (Å²) in [5.74, 6) is 0.285. The lowest BCUT2D eigenvalue weighted by Crippen LogP contribution is -2.38. The van der Waals surface area contributed by atoms with E-state index < -0.39 is 10.0 Å². The van der Waals surface area contributed by atoms with Crippen molar-refractivity contribution >= 4 is 40.0 Å². The Morgan fingerprint density at radius 2 is 2.00 bits per heavy atom. The van der Waals surface area contributed by atoms with Crippen LogP contribution in [0.4, 0.5) is 0 Å². The zero-order valence-corrected chi connectivity index (χ0v) is 12.6. The number of hydrogen-bond acceptors (Lipinski definition) is 3. The number of nitrogens with two attached hydrogens (primary N) is 1. The number of nitrogens with one attached hydrogen (secondary N) is 2. The molecule has 8 heteroatoms. The second-order valence-corrected chi connectivity index (χ2v) is 5.08. The molecule has 16 heavy (non-hydrogen) atoms. The summed E-state index contributed by atoms with van der Waals surface area (Å²) in [6.45, 7) is 6.67. The van der Waals surface area contributed by atoms with Crippen LogP contribution in [0.1, 0.15) is 6.92 Å². The predicted octanol–water partition coefficient (Wildman–Crippen LogP) is -0.366. The molecule has 0 aliphatic rings. The zero-order chi connectivity index (χ0) is 11.9. The standard InChI is InChI=1S/C8H18N4O2S.HI/c1-7(2)6-11-8(9)10-4-5-12-15(3,13)14;/h12H,1,4-6H2,2-3H3,(H3,9,10,11);1H. The summed E-state index contributed by atoms with van der Waals surface area (Å²) in [6.07, 6.45) is 1.10. The highest BCUT2D eigenvalue weighted by molar-refractivity contribution is 14.0. The van der Waals surface area contributed by atoms with E-state index in [0.29, 0.717) is 13.1 Å². The van der Waals surface area contributed by atoms with E-state index in [1.807, 2.05) is 6.92 Å². The maximum Gasteiger partial charge on any atom is 0.208 e. The first-order valence-electron chi connectivity index (χ1n) is 4.44. The van der Waals surface area contributed by atoms with E-state index in [0.717, 1.165) is 11.8 Å². The molecule has 0 aliphatic heterocycles. The lowest BCUT2D eigenvalue weighted by atomic mass is 10.4. The first-order chi connectivity index (χ1) is 6.81. The van der Waals surface area contributed by atoms with E-state index in [2.05, 4.69) is 21.6 Å². The van der Waals surface area contributed by atoms with Gasteiger partial charge in [-0.3, -0.25) is 0 Å². The van der Waals surface area contributed by atoms with Gasteiger partial charge in [-0.15, -0.1) is 24.0 Å². The van der Waals surface area contributed by atoms with Crippen LogP contribution in [0.5, 0.6) is 0 Å². The maximum absolute atomic E-state index is 10.7. The van der Waals surface area contributed by atoms with Crippen LogP contribution in [0, 0.1) is 0 Å². The van der Waals surface area contributed by atoms with Gasteiger partial charge in [-0.1, -0.05) is 12.2 Å². The van der Waals surface area contributed by atoms with Crippen LogP contribution in [0.15, 0.2) is 17.1 Å². The molecule has 0 atom stereocenters. The highest BCUT2D eigenvalue weighted by Crippen LogP contribution is 1.85. The fourth-order valence-corrected chi connectivity index (χ4v) is 1.18. The number of nitrogens with zero attached hydrogens (tertiary/aromatic N) is 1. The van der Waals surface area contributed by atoms with Gasteiger partial charge in [0.1, 0.15) is 0 Å². The highest BCUT2D eigenvalue weighted by Gasteiger charge is 1.98. The fourth-order valence-electron chi connectivity index (χ4n) is 0.703. The minimum atomic E-state index is -3.13. The number of rotatable bonds is 6. The average molecular weight is 362 g/mol. The number of aliphatic imine (C=N–C) groups is 1. The number of guanidine groups is 1. The Kier molecular flexibility index (Phi) is 9.87. The highest BCUT2D eigenvalue weighted by atomic mass is 127. The molecule has 0 saturated heterocycles. The second-order valence-electron chi connectivity index (χ2n) is 3.25. The van der Waals surface area contributed by atoms with Crippen molar-refractivity contribution in [2.24, 2.45) is 10.7 Å². The normalized spacial score (nSPS) is 11.8. The number of hydrogen-bond donors (Lipinski definition) is 3. The smallest absolute Gasteiger partial charge is 0.208 e. The summed E-state index contributed by atoms with van der Waals surface area (Å²) in [7, 11) is -3.13. The molecule has 4 N–H and O–H groups in total. The molecule has 0 rings (SSSR count). The molecule has 0 unspecified atom stereocenters. The van der Waals surface area contributed by atoms with Gasteiger partial charge in [-0.25, -0.2) is 18.1 Å². The molecule has 0 amide bonds. The Hall–Kier alpha value is -0.350. The molecular formula is C8H19IN4O2S. The third-order valence-corrected chi connectivity index (χ3v) is 2.04. The van der Waals surface area contributed by atoms with E-state index in [-0.39, 0.29) is 36.5 Å². The van der Waals surface area contributed by atoms with Crippen LogP contribution in [0.2, 0.25) is 0 Å². The lowest BCUT2D eigenvalue weighted by molar-refractivity contribution is 0.587. The Labute approximate surface area is 114 Å². The monoisotopic (exact) mass is 362 g/mol. The molecule has 0 aromatic carbocycles.